The predicted octanol–water partition coefficient (Wildman–Crippen LogP) is 7.05. The van der Waals surface area contributed by atoms with Crippen molar-refractivity contribution in [1.29, 1.82) is 0 Å². The zero-order valence-electron chi connectivity index (χ0n) is 18.0. The lowest BCUT2D eigenvalue weighted by molar-refractivity contribution is 0.0866. The van der Waals surface area contributed by atoms with Crippen molar-refractivity contribution in [2.75, 3.05) is 6.61 Å². The standard InChI is InChI=1S/C28H23ClFNO2/c29-19-11-17(12-20(30)15-19)18-13-21-9-10-22(14-18)31(21)28(32)33-16-27-25-7-3-1-5-23(25)24-6-2-4-8-26(24)27/h1-8,11-13,15,21-22,27H,9-10,14,16H2. The van der Waals surface area contributed by atoms with Crippen LogP contribution in [0.15, 0.2) is 72.8 Å². The van der Waals surface area contributed by atoms with E-state index in [9.17, 15) is 9.18 Å². The van der Waals surface area contributed by atoms with E-state index in [1.807, 2.05) is 29.2 Å². The normalized spacial score (nSPS) is 20.9. The maximum Gasteiger partial charge on any atom is 0.410 e. The average molecular weight is 460 g/mol. The minimum atomic E-state index is -0.343. The molecule has 3 aliphatic rings. The van der Waals surface area contributed by atoms with Gasteiger partial charge in [0.05, 0.1) is 6.04 Å². The zero-order chi connectivity index (χ0) is 22.5. The highest BCUT2D eigenvalue weighted by molar-refractivity contribution is 6.30. The number of carbonyl (C=O) groups is 1. The van der Waals surface area contributed by atoms with Crippen molar-refractivity contribution < 1.29 is 13.9 Å². The average Bonchev–Trinajstić information content (AvgIpc) is 3.27. The van der Waals surface area contributed by atoms with Crippen LogP contribution in [0.25, 0.3) is 16.7 Å². The van der Waals surface area contributed by atoms with E-state index in [1.54, 1.807) is 6.07 Å². The van der Waals surface area contributed by atoms with Gasteiger partial charge in [0.2, 0.25) is 0 Å². The van der Waals surface area contributed by atoms with Gasteiger partial charge in [-0.05, 0) is 70.9 Å². The third kappa shape index (κ3) is 3.53. The Morgan fingerprint density at radius 1 is 1.00 bits per heavy atom. The monoisotopic (exact) mass is 459 g/mol. The molecule has 6 rings (SSSR count). The Bertz CT molecular complexity index is 1220. The first-order valence-corrected chi connectivity index (χ1v) is 11.8. The quantitative estimate of drug-likeness (QED) is 0.420. The van der Waals surface area contributed by atoms with Crippen LogP contribution in [0.3, 0.4) is 0 Å². The largest absolute Gasteiger partial charge is 0.448 e. The lowest BCUT2D eigenvalue weighted by Gasteiger charge is -2.33. The van der Waals surface area contributed by atoms with Crippen molar-refractivity contribution in [3.63, 3.8) is 0 Å². The van der Waals surface area contributed by atoms with Crippen LogP contribution in [0.2, 0.25) is 5.02 Å². The number of halogens is 2. The summed E-state index contributed by atoms with van der Waals surface area (Å²) >= 11 is 6.06. The summed E-state index contributed by atoms with van der Waals surface area (Å²) < 4.78 is 19.8. The van der Waals surface area contributed by atoms with E-state index in [0.717, 1.165) is 24.0 Å². The van der Waals surface area contributed by atoms with Gasteiger partial charge >= 0.3 is 6.09 Å². The van der Waals surface area contributed by atoms with E-state index < -0.39 is 0 Å². The second kappa shape index (κ2) is 8.03. The number of carbonyl (C=O) groups excluding carboxylic acids is 1. The fourth-order valence-corrected chi connectivity index (χ4v) is 5.96. The minimum absolute atomic E-state index is 0.0311. The molecule has 0 spiro atoms. The SMILES string of the molecule is O=C(OCC1c2ccccc2-c2ccccc21)N1C2C=C(c3cc(F)cc(Cl)c3)CC1CC2. The second-order valence-corrected chi connectivity index (χ2v) is 9.50. The third-order valence-electron chi connectivity index (χ3n) is 7.18. The van der Waals surface area contributed by atoms with Crippen LogP contribution in [0, 0.1) is 5.82 Å². The summed E-state index contributed by atoms with van der Waals surface area (Å²) in [6.07, 6.45) is 4.30. The Morgan fingerprint density at radius 2 is 1.70 bits per heavy atom. The first-order chi connectivity index (χ1) is 16.1. The van der Waals surface area contributed by atoms with Gasteiger partial charge in [0.25, 0.3) is 0 Å². The number of hydrogen-bond donors (Lipinski definition) is 0. The molecule has 2 atom stereocenters. The molecule has 1 fully saturated rings. The van der Waals surface area contributed by atoms with E-state index in [2.05, 4.69) is 30.3 Å². The molecule has 0 N–H and O–H groups in total. The molecule has 3 aromatic rings. The van der Waals surface area contributed by atoms with Crippen molar-refractivity contribution in [2.45, 2.75) is 37.3 Å². The molecule has 3 aromatic carbocycles. The Kier molecular flexibility index (Phi) is 4.99. The summed E-state index contributed by atoms with van der Waals surface area (Å²) in [4.78, 5) is 15.1. The number of rotatable bonds is 3. The lowest BCUT2D eigenvalue weighted by Crippen LogP contribution is -2.43. The minimum Gasteiger partial charge on any atom is -0.448 e. The first-order valence-electron chi connectivity index (χ1n) is 11.4. The molecular weight excluding hydrogens is 437 g/mol. The molecule has 5 heteroatoms. The van der Waals surface area contributed by atoms with Gasteiger partial charge in [-0.1, -0.05) is 66.2 Å². The Morgan fingerprint density at radius 3 is 2.36 bits per heavy atom. The Balaban J connectivity index is 1.21. The Hall–Kier alpha value is -3.11. The van der Waals surface area contributed by atoms with Gasteiger partial charge in [-0.3, -0.25) is 4.90 Å². The molecule has 2 unspecified atom stereocenters. The van der Waals surface area contributed by atoms with Crippen LogP contribution >= 0.6 is 11.6 Å². The molecule has 0 radical (unpaired) electrons. The summed E-state index contributed by atoms with van der Waals surface area (Å²) in [5.74, 6) is -0.297. The third-order valence-corrected chi connectivity index (χ3v) is 7.39. The first kappa shape index (κ1) is 20.5. The molecule has 3 nitrogen and oxygen atoms in total. The molecule has 0 aromatic heterocycles. The number of benzene rings is 3. The van der Waals surface area contributed by atoms with Crippen molar-refractivity contribution in [1.82, 2.24) is 4.90 Å². The molecule has 0 saturated carbocycles. The van der Waals surface area contributed by atoms with Gasteiger partial charge in [0.1, 0.15) is 12.4 Å². The van der Waals surface area contributed by atoms with E-state index >= 15 is 0 Å². The predicted molar refractivity (Wildman–Crippen MR) is 128 cm³/mol. The fourth-order valence-electron chi connectivity index (χ4n) is 5.74. The summed E-state index contributed by atoms with van der Waals surface area (Å²) in [7, 11) is 0. The fraction of sp³-hybridized carbons (Fsp3) is 0.250. The van der Waals surface area contributed by atoms with Crippen LogP contribution in [-0.4, -0.2) is 29.7 Å². The topological polar surface area (TPSA) is 29.5 Å². The van der Waals surface area contributed by atoms with Crippen molar-refractivity contribution in [3.8, 4) is 11.1 Å². The van der Waals surface area contributed by atoms with Gasteiger partial charge in [0, 0.05) is 17.0 Å². The molecule has 1 aliphatic carbocycles. The van der Waals surface area contributed by atoms with Crippen LogP contribution in [0.4, 0.5) is 9.18 Å². The number of ether oxygens (including phenoxy) is 1. The summed E-state index contributed by atoms with van der Waals surface area (Å²) in [6, 6.07) is 21.3. The van der Waals surface area contributed by atoms with E-state index in [4.69, 9.17) is 16.3 Å². The van der Waals surface area contributed by atoms with Crippen LogP contribution < -0.4 is 0 Å². The molecule has 1 saturated heterocycles. The molecule has 166 valence electrons. The smallest absolute Gasteiger partial charge is 0.410 e. The molecule has 1 amide bonds. The van der Waals surface area contributed by atoms with Crippen molar-refractivity contribution in [2.24, 2.45) is 0 Å². The maximum absolute atomic E-state index is 13.9. The van der Waals surface area contributed by atoms with E-state index in [1.165, 1.54) is 34.4 Å². The van der Waals surface area contributed by atoms with Gasteiger partial charge in [-0.15, -0.1) is 0 Å². The molecule has 33 heavy (non-hydrogen) atoms. The summed E-state index contributed by atoms with van der Waals surface area (Å²) in [6.45, 7) is 0.318. The van der Waals surface area contributed by atoms with E-state index in [0.29, 0.717) is 18.1 Å². The molecular formula is C28H23ClFNO2. The number of hydrogen-bond acceptors (Lipinski definition) is 2. The van der Waals surface area contributed by atoms with Crippen LogP contribution in [0.5, 0.6) is 0 Å². The van der Waals surface area contributed by atoms with Crippen LogP contribution in [-0.2, 0) is 4.74 Å². The number of nitrogens with zero attached hydrogens (tertiary/aromatic N) is 1. The highest BCUT2D eigenvalue weighted by Gasteiger charge is 2.41. The maximum atomic E-state index is 13.9. The Labute approximate surface area is 197 Å². The highest BCUT2D eigenvalue weighted by Crippen LogP contribution is 2.45. The van der Waals surface area contributed by atoms with Crippen LogP contribution in [0.1, 0.15) is 41.9 Å². The summed E-state index contributed by atoms with van der Waals surface area (Å²) in [5.41, 5.74) is 6.69. The van der Waals surface area contributed by atoms with Crippen molar-refractivity contribution >= 4 is 23.3 Å². The summed E-state index contributed by atoms with van der Waals surface area (Å²) in [5, 5.41) is 0.386. The van der Waals surface area contributed by atoms with Gasteiger partial charge < -0.3 is 4.74 Å². The number of amides is 1. The zero-order valence-corrected chi connectivity index (χ0v) is 18.8. The second-order valence-electron chi connectivity index (χ2n) is 9.06. The van der Waals surface area contributed by atoms with E-state index in [-0.39, 0.29) is 29.9 Å². The van der Waals surface area contributed by atoms with Gasteiger partial charge in [0.15, 0.2) is 0 Å². The number of fused-ring (bicyclic) bond motifs is 5. The lowest BCUT2D eigenvalue weighted by atomic mass is 9.95. The highest BCUT2D eigenvalue weighted by atomic mass is 35.5. The van der Waals surface area contributed by atoms with Crippen molar-refractivity contribution in [3.05, 3.63) is 100 Å². The van der Waals surface area contributed by atoms with Gasteiger partial charge in [-0.2, -0.15) is 0 Å². The van der Waals surface area contributed by atoms with Gasteiger partial charge in [-0.25, -0.2) is 9.18 Å². The molecule has 2 bridgehead atoms. The molecule has 2 aliphatic heterocycles. The molecule has 2 heterocycles.